The average molecular weight is 490 g/mol. The number of nitrogens with zero attached hydrogens (tertiary/aromatic N) is 2. The van der Waals surface area contributed by atoms with Crippen molar-refractivity contribution in [1.29, 1.82) is 0 Å². The van der Waals surface area contributed by atoms with Crippen LogP contribution in [0.25, 0.3) is 0 Å². The average Bonchev–Trinajstić information content (AvgIpc) is 2.62. The van der Waals surface area contributed by atoms with E-state index in [2.05, 4.69) is 42.8 Å². The molecule has 6 heteroatoms. The van der Waals surface area contributed by atoms with Gasteiger partial charge >= 0.3 is 0 Å². The lowest BCUT2D eigenvalue weighted by Gasteiger charge is -2.31. The van der Waals surface area contributed by atoms with E-state index >= 15 is 0 Å². The van der Waals surface area contributed by atoms with Crippen molar-refractivity contribution < 1.29 is 9.59 Å². The lowest BCUT2D eigenvalue weighted by atomic mass is 10.1. The van der Waals surface area contributed by atoms with Gasteiger partial charge in [-0.15, -0.1) is 0 Å². The second-order valence-corrected chi connectivity index (χ2v) is 9.06. The fraction of sp³-hybridized carbons (Fsp3) is 0.700. The van der Waals surface area contributed by atoms with E-state index < -0.39 is 0 Å². The molecule has 2 heterocycles. The highest BCUT2D eigenvalue weighted by Crippen LogP contribution is 2.21. The second-order valence-electron chi connectivity index (χ2n) is 7.19. The number of unbranched alkanes of at least 4 members (excludes halogenated alkanes) is 3. The molecule has 0 aromatic rings. The number of Topliss-reactive ketones (excluding diaryl/α,β-unsaturated/α-hetero) is 2. The number of ketones is 2. The molecule has 0 aromatic carbocycles. The molecule has 0 radical (unpaired) electrons. The molecule has 0 N–H and O–H groups in total. The van der Waals surface area contributed by atoms with Crippen molar-refractivity contribution in [2.24, 2.45) is 0 Å². The third-order valence-electron chi connectivity index (χ3n) is 4.94. The van der Waals surface area contributed by atoms with E-state index in [0.29, 0.717) is 36.7 Å². The molecule has 2 aliphatic rings. The first-order valence-corrected chi connectivity index (χ1v) is 11.5. The van der Waals surface area contributed by atoms with Crippen LogP contribution in [0, 0.1) is 0 Å². The van der Waals surface area contributed by atoms with E-state index in [0.717, 1.165) is 49.8 Å². The Kier molecular flexibility index (Phi) is 10.2. The summed E-state index contributed by atoms with van der Waals surface area (Å²) in [5.41, 5.74) is 0. The number of hydrogen-bond acceptors (Lipinski definition) is 4. The van der Waals surface area contributed by atoms with Crippen LogP contribution in [0.15, 0.2) is 22.8 Å². The molecule has 0 aromatic heterocycles. The summed E-state index contributed by atoms with van der Waals surface area (Å²) in [4.78, 5) is 28.9. The summed E-state index contributed by atoms with van der Waals surface area (Å²) in [6, 6.07) is 0. The summed E-state index contributed by atoms with van der Waals surface area (Å²) < 4.78 is 0.978. The van der Waals surface area contributed by atoms with Crippen molar-refractivity contribution in [3.63, 3.8) is 0 Å². The third kappa shape index (κ3) is 8.05. The number of halogens is 2. The minimum absolute atomic E-state index is 0.287. The van der Waals surface area contributed by atoms with E-state index in [9.17, 15) is 9.59 Å². The molecule has 1 unspecified atom stereocenters. The molecular weight excluding hydrogens is 460 g/mol. The Balaban J connectivity index is 1.48. The zero-order chi connectivity index (χ0) is 18.8. The molecule has 0 amide bonds. The van der Waals surface area contributed by atoms with E-state index in [1.807, 2.05) is 17.1 Å². The number of carbonyl (C=O) groups excluding carboxylic acids is 2. The van der Waals surface area contributed by atoms with Crippen molar-refractivity contribution in [3.05, 3.63) is 22.8 Å². The van der Waals surface area contributed by atoms with Gasteiger partial charge in [-0.25, -0.2) is 0 Å². The van der Waals surface area contributed by atoms with E-state index in [-0.39, 0.29) is 5.78 Å². The normalized spacial score (nSPS) is 20.9. The van der Waals surface area contributed by atoms with Gasteiger partial charge in [-0.1, -0.05) is 40.9 Å². The number of alkyl halides is 1. The van der Waals surface area contributed by atoms with Gasteiger partial charge in [0.1, 0.15) is 5.78 Å². The summed E-state index contributed by atoms with van der Waals surface area (Å²) in [5.74, 6) is 0.636. The van der Waals surface area contributed by atoms with E-state index in [1.165, 1.54) is 12.8 Å². The highest BCUT2D eigenvalue weighted by molar-refractivity contribution is 9.11. The zero-order valence-corrected chi connectivity index (χ0v) is 18.6. The SMILES string of the molecule is O=C(CCCCCCC(=O)CN1CCCCC1Br)CN1CC=CC=C1Br. The minimum atomic E-state index is 0.287. The van der Waals surface area contributed by atoms with Crippen LogP contribution < -0.4 is 0 Å². The van der Waals surface area contributed by atoms with Gasteiger partial charge in [0.05, 0.1) is 22.6 Å². The largest absolute Gasteiger partial charge is 0.355 e. The molecule has 1 saturated heterocycles. The Morgan fingerprint density at radius 2 is 1.73 bits per heavy atom. The molecule has 0 saturated carbocycles. The van der Waals surface area contributed by atoms with Crippen molar-refractivity contribution >= 4 is 43.4 Å². The van der Waals surface area contributed by atoms with Crippen molar-refractivity contribution in [2.45, 2.75) is 62.7 Å². The van der Waals surface area contributed by atoms with Crippen LogP contribution in [0.4, 0.5) is 0 Å². The molecule has 0 bridgehead atoms. The number of piperidine rings is 1. The van der Waals surface area contributed by atoms with Gasteiger partial charge in [-0.2, -0.15) is 0 Å². The van der Waals surface area contributed by atoms with Crippen molar-refractivity contribution in [2.75, 3.05) is 26.2 Å². The Labute approximate surface area is 174 Å². The van der Waals surface area contributed by atoms with Gasteiger partial charge < -0.3 is 4.90 Å². The molecular formula is C20H30Br2N2O2. The lowest BCUT2D eigenvalue weighted by Crippen LogP contribution is -2.39. The van der Waals surface area contributed by atoms with E-state index in [1.54, 1.807) is 0 Å². The fourth-order valence-electron chi connectivity index (χ4n) is 3.39. The first-order chi connectivity index (χ1) is 12.6. The predicted molar refractivity (Wildman–Crippen MR) is 114 cm³/mol. The van der Waals surface area contributed by atoms with Crippen LogP contribution in [0.3, 0.4) is 0 Å². The molecule has 146 valence electrons. The van der Waals surface area contributed by atoms with Gasteiger partial charge in [-0.05, 0) is 60.7 Å². The summed E-state index contributed by atoms with van der Waals surface area (Å²) in [7, 11) is 0. The summed E-state index contributed by atoms with van der Waals surface area (Å²) >= 11 is 7.15. The molecule has 2 aliphatic heterocycles. The number of rotatable bonds is 11. The van der Waals surface area contributed by atoms with Crippen LogP contribution >= 0.6 is 31.9 Å². The van der Waals surface area contributed by atoms with Crippen LogP contribution in [-0.4, -0.2) is 52.5 Å². The Morgan fingerprint density at radius 1 is 1.04 bits per heavy atom. The van der Waals surface area contributed by atoms with Crippen LogP contribution in [0.5, 0.6) is 0 Å². The molecule has 2 rings (SSSR count). The molecule has 4 nitrogen and oxygen atoms in total. The smallest absolute Gasteiger partial charge is 0.152 e. The second kappa shape index (κ2) is 12.1. The van der Waals surface area contributed by atoms with Crippen molar-refractivity contribution in [3.8, 4) is 0 Å². The Hall–Kier alpha value is -0.460. The maximum absolute atomic E-state index is 12.1. The minimum Gasteiger partial charge on any atom is -0.355 e. The number of carbonyl (C=O) groups is 2. The van der Waals surface area contributed by atoms with Crippen molar-refractivity contribution in [1.82, 2.24) is 9.80 Å². The summed E-state index contributed by atoms with van der Waals surface area (Å²) in [5, 5.41) is 0. The molecule has 26 heavy (non-hydrogen) atoms. The van der Waals surface area contributed by atoms with E-state index in [4.69, 9.17) is 0 Å². The Morgan fingerprint density at radius 3 is 2.38 bits per heavy atom. The maximum atomic E-state index is 12.1. The third-order valence-corrected chi connectivity index (χ3v) is 6.74. The standard InChI is InChI=1S/C20H30Br2N2O2/c21-19-11-5-7-13-23(19)15-17(25)9-3-1-2-4-10-18(26)16-24-14-8-6-12-20(24)22/h5,7,11,20H,1-4,6,8-10,12-16H2. The number of allylic oxidation sites excluding steroid dienone is 2. The summed E-state index contributed by atoms with van der Waals surface area (Å²) in [6.07, 6.45) is 14.8. The number of hydrogen-bond donors (Lipinski definition) is 0. The van der Waals surface area contributed by atoms with Gasteiger partial charge in [0, 0.05) is 19.4 Å². The highest BCUT2D eigenvalue weighted by Gasteiger charge is 2.21. The lowest BCUT2D eigenvalue weighted by molar-refractivity contribution is -0.121. The molecule has 1 fully saturated rings. The van der Waals surface area contributed by atoms with Gasteiger partial charge in [0.15, 0.2) is 5.78 Å². The molecule has 0 aliphatic carbocycles. The summed E-state index contributed by atoms with van der Waals surface area (Å²) in [6.45, 7) is 2.88. The van der Waals surface area contributed by atoms with Crippen LogP contribution in [-0.2, 0) is 9.59 Å². The maximum Gasteiger partial charge on any atom is 0.152 e. The fourth-order valence-corrected chi connectivity index (χ4v) is 4.49. The zero-order valence-electron chi connectivity index (χ0n) is 15.5. The molecule has 1 atom stereocenters. The first-order valence-electron chi connectivity index (χ1n) is 9.75. The Bertz CT molecular complexity index is 534. The van der Waals surface area contributed by atoms with Crippen LogP contribution in [0.1, 0.15) is 57.8 Å². The highest BCUT2D eigenvalue weighted by atomic mass is 79.9. The van der Waals surface area contributed by atoms with Crippen LogP contribution in [0.2, 0.25) is 0 Å². The molecule has 0 spiro atoms. The topological polar surface area (TPSA) is 40.6 Å². The van der Waals surface area contributed by atoms with Gasteiger partial charge in [0.25, 0.3) is 0 Å². The first kappa shape index (κ1) is 21.8. The number of likely N-dealkylation sites (tertiary alicyclic amines) is 1. The predicted octanol–water partition coefficient (Wildman–Crippen LogP) is 4.78. The van der Waals surface area contributed by atoms with Gasteiger partial charge in [0.2, 0.25) is 0 Å². The van der Waals surface area contributed by atoms with Gasteiger partial charge in [-0.3, -0.25) is 14.5 Å². The monoisotopic (exact) mass is 488 g/mol. The quantitative estimate of drug-likeness (QED) is 0.238.